The number of para-hydroxylation sites is 1. The Balaban J connectivity index is 2.26. The first-order valence-corrected chi connectivity index (χ1v) is 5.31. The Hall–Kier alpha value is -2.23. The molecule has 0 amide bonds. The fourth-order valence-corrected chi connectivity index (χ4v) is 1.46. The predicted octanol–water partition coefficient (Wildman–Crippen LogP) is 3.96. The van der Waals surface area contributed by atoms with Gasteiger partial charge in [0.1, 0.15) is 5.75 Å². The molecule has 0 unspecified atom stereocenters. The Morgan fingerprint density at radius 2 is 1.56 bits per heavy atom. The van der Waals surface area contributed by atoms with Crippen LogP contribution in [0.2, 0.25) is 0 Å². The molecule has 2 aromatic carbocycles. The molecular formula is C14H10F2O2. The van der Waals surface area contributed by atoms with Crippen molar-refractivity contribution in [3.8, 4) is 11.5 Å². The zero-order chi connectivity index (χ0) is 13.1. The van der Waals surface area contributed by atoms with Gasteiger partial charge in [-0.05, 0) is 43.3 Å². The molecule has 0 aliphatic carbocycles. The van der Waals surface area contributed by atoms with Gasteiger partial charge in [-0.1, -0.05) is 6.07 Å². The summed E-state index contributed by atoms with van der Waals surface area (Å²) in [6.45, 7) is 1.44. The first-order valence-electron chi connectivity index (χ1n) is 5.31. The third-order valence-electron chi connectivity index (χ3n) is 2.40. The van der Waals surface area contributed by atoms with Gasteiger partial charge < -0.3 is 4.74 Å². The fraction of sp³-hybridized carbons (Fsp3) is 0.0714. The molecule has 0 saturated heterocycles. The second kappa shape index (κ2) is 4.96. The maximum Gasteiger partial charge on any atom is 0.198 e. The van der Waals surface area contributed by atoms with Crippen LogP contribution in [0.4, 0.5) is 8.78 Å². The van der Waals surface area contributed by atoms with Gasteiger partial charge in [-0.3, -0.25) is 4.79 Å². The Morgan fingerprint density at radius 3 is 2.06 bits per heavy atom. The van der Waals surface area contributed by atoms with E-state index in [0.29, 0.717) is 5.56 Å². The molecule has 92 valence electrons. The largest absolute Gasteiger partial charge is 0.451 e. The maximum atomic E-state index is 13.3. The van der Waals surface area contributed by atoms with Gasteiger partial charge in [-0.15, -0.1) is 0 Å². The molecule has 0 atom stereocenters. The van der Waals surface area contributed by atoms with Crippen LogP contribution in [0.3, 0.4) is 0 Å². The molecular weight excluding hydrogens is 238 g/mol. The van der Waals surface area contributed by atoms with E-state index in [1.807, 2.05) is 0 Å². The van der Waals surface area contributed by atoms with Crippen LogP contribution in [0, 0.1) is 11.6 Å². The summed E-state index contributed by atoms with van der Waals surface area (Å²) in [7, 11) is 0. The molecule has 2 nitrogen and oxygen atoms in total. The lowest BCUT2D eigenvalue weighted by molar-refractivity contribution is 0.101. The number of carbonyl (C=O) groups excluding carboxylic acids is 1. The molecule has 2 aromatic rings. The quantitative estimate of drug-likeness (QED) is 0.768. The zero-order valence-corrected chi connectivity index (χ0v) is 9.61. The minimum atomic E-state index is -0.773. The van der Waals surface area contributed by atoms with Gasteiger partial charge in [0.25, 0.3) is 0 Å². The number of hydrogen-bond acceptors (Lipinski definition) is 2. The van der Waals surface area contributed by atoms with Crippen LogP contribution in [-0.2, 0) is 0 Å². The van der Waals surface area contributed by atoms with Crippen molar-refractivity contribution >= 4 is 5.78 Å². The average molecular weight is 248 g/mol. The number of benzene rings is 2. The van der Waals surface area contributed by atoms with Crippen molar-refractivity contribution in [1.82, 2.24) is 0 Å². The van der Waals surface area contributed by atoms with E-state index < -0.39 is 17.4 Å². The van der Waals surface area contributed by atoms with Crippen molar-refractivity contribution in [3.63, 3.8) is 0 Å². The van der Waals surface area contributed by atoms with Gasteiger partial charge in [0.2, 0.25) is 0 Å². The molecule has 0 aliphatic rings. The molecule has 0 saturated carbocycles. The van der Waals surface area contributed by atoms with Crippen molar-refractivity contribution in [2.45, 2.75) is 6.92 Å². The number of carbonyl (C=O) groups is 1. The standard InChI is InChI=1S/C14H10F2O2/c1-9(17)10-5-7-11(8-6-10)18-14-12(15)3-2-4-13(14)16/h2-8H,1H3. The predicted molar refractivity (Wildman–Crippen MR) is 62.9 cm³/mol. The summed E-state index contributed by atoms with van der Waals surface area (Å²) < 4.78 is 31.8. The normalized spacial score (nSPS) is 10.2. The van der Waals surface area contributed by atoms with Gasteiger partial charge in [-0.25, -0.2) is 8.78 Å². The molecule has 0 fully saturated rings. The van der Waals surface area contributed by atoms with Gasteiger partial charge in [-0.2, -0.15) is 0 Å². The van der Waals surface area contributed by atoms with E-state index in [1.165, 1.54) is 37.3 Å². The molecule has 2 rings (SSSR count). The van der Waals surface area contributed by atoms with E-state index in [4.69, 9.17) is 4.74 Å². The smallest absolute Gasteiger partial charge is 0.198 e. The highest BCUT2D eigenvalue weighted by molar-refractivity contribution is 5.94. The molecule has 18 heavy (non-hydrogen) atoms. The molecule has 4 heteroatoms. The van der Waals surface area contributed by atoms with E-state index in [2.05, 4.69) is 0 Å². The molecule has 0 spiro atoms. The third kappa shape index (κ3) is 2.53. The van der Waals surface area contributed by atoms with Crippen molar-refractivity contribution in [1.29, 1.82) is 0 Å². The highest BCUT2D eigenvalue weighted by atomic mass is 19.1. The van der Waals surface area contributed by atoms with Gasteiger partial charge in [0, 0.05) is 5.56 Å². The highest BCUT2D eigenvalue weighted by Crippen LogP contribution is 2.27. The lowest BCUT2D eigenvalue weighted by atomic mass is 10.1. The highest BCUT2D eigenvalue weighted by Gasteiger charge is 2.10. The fourth-order valence-electron chi connectivity index (χ4n) is 1.46. The molecule has 0 aliphatic heterocycles. The van der Waals surface area contributed by atoms with E-state index in [1.54, 1.807) is 0 Å². The maximum absolute atomic E-state index is 13.3. The van der Waals surface area contributed by atoms with Crippen molar-refractivity contribution < 1.29 is 18.3 Å². The minimum absolute atomic E-state index is 0.0846. The van der Waals surface area contributed by atoms with E-state index >= 15 is 0 Å². The van der Waals surface area contributed by atoms with Gasteiger partial charge >= 0.3 is 0 Å². The topological polar surface area (TPSA) is 26.3 Å². The second-order valence-corrected chi connectivity index (χ2v) is 3.73. The SMILES string of the molecule is CC(=O)c1ccc(Oc2c(F)cccc2F)cc1. The molecule has 0 N–H and O–H groups in total. The van der Waals surface area contributed by atoms with Gasteiger partial charge in [0.05, 0.1) is 0 Å². The van der Waals surface area contributed by atoms with Crippen molar-refractivity contribution in [3.05, 3.63) is 59.7 Å². The number of ketones is 1. The van der Waals surface area contributed by atoms with Crippen LogP contribution in [0.15, 0.2) is 42.5 Å². The van der Waals surface area contributed by atoms with Crippen molar-refractivity contribution in [2.24, 2.45) is 0 Å². The third-order valence-corrected chi connectivity index (χ3v) is 2.40. The summed E-state index contributed by atoms with van der Waals surface area (Å²) in [6.07, 6.45) is 0. The number of Topliss-reactive ketones (excluding diaryl/α,β-unsaturated/α-hetero) is 1. The number of hydrogen-bond donors (Lipinski definition) is 0. The van der Waals surface area contributed by atoms with Crippen LogP contribution < -0.4 is 4.74 Å². The summed E-state index contributed by atoms with van der Waals surface area (Å²) in [4.78, 5) is 11.1. The van der Waals surface area contributed by atoms with Crippen LogP contribution in [0.1, 0.15) is 17.3 Å². The Kier molecular flexibility index (Phi) is 3.37. The van der Waals surface area contributed by atoms with E-state index in [0.717, 1.165) is 12.1 Å². The van der Waals surface area contributed by atoms with Crippen LogP contribution in [0.25, 0.3) is 0 Å². The number of halogens is 2. The Morgan fingerprint density at radius 1 is 1.00 bits per heavy atom. The first kappa shape index (κ1) is 12.2. The summed E-state index contributed by atoms with van der Waals surface area (Å²) >= 11 is 0. The van der Waals surface area contributed by atoms with E-state index in [9.17, 15) is 13.6 Å². The molecule has 0 heterocycles. The minimum Gasteiger partial charge on any atom is -0.451 e. The van der Waals surface area contributed by atoms with Crippen LogP contribution in [-0.4, -0.2) is 5.78 Å². The van der Waals surface area contributed by atoms with Crippen LogP contribution in [0.5, 0.6) is 11.5 Å². The monoisotopic (exact) mass is 248 g/mol. The molecule has 0 radical (unpaired) electrons. The average Bonchev–Trinajstić information content (AvgIpc) is 2.34. The molecule has 0 aromatic heterocycles. The first-order chi connectivity index (χ1) is 8.58. The molecule has 0 bridgehead atoms. The lowest BCUT2D eigenvalue weighted by Gasteiger charge is -2.07. The lowest BCUT2D eigenvalue weighted by Crippen LogP contribution is -1.94. The van der Waals surface area contributed by atoms with Crippen molar-refractivity contribution in [2.75, 3.05) is 0 Å². The number of ether oxygens (including phenoxy) is 1. The van der Waals surface area contributed by atoms with Crippen LogP contribution >= 0.6 is 0 Å². The Bertz CT molecular complexity index is 557. The van der Waals surface area contributed by atoms with E-state index in [-0.39, 0.29) is 11.5 Å². The van der Waals surface area contributed by atoms with Gasteiger partial charge in [0.15, 0.2) is 23.2 Å². The summed E-state index contributed by atoms with van der Waals surface area (Å²) in [5.41, 5.74) is 0.511. The summed E-state index contributed by atoms with van der Waals surface area (Å²) in [6, 6.07) is 9.54. The second-order valence-electron chi connectivity index (χ2n) is 3.73. The summed E-state index contributed by atoms with van der Waals surface area (Å²) in [5, 5.41) is 0. The zero-order valence-electron chi connectivity index (χ0n) is 9.61. The number of rotatable bonds is 3. The summed E-state index contributed by atoms with van der Waals surface area (Å²) in [5.74, 6) is -1.81. The Labute approximate surface area is 103 Å².